The van der Waals surface area contributed by atoms with E-state index in [1.807, 2.05) is 29.8 Å². The number of nitrogens with one attached hydrogen (secondary N) is 1. The lowest BCUT2D eigenvalue weighted by Gasteiger charge is -2.24. The minimum Gasteiger partial charge on any atom is -0.383 e. The van der Waals surface area contributed by atoms with Crippen molar-refractivity contribution in [2.75, 3.05) is 6.54 Å². The first-order valence-electron chi connectivity index (χ1n) is 5.49. The van der Waals surface area contributed by atoms with E-state index < -0.39 is 5.60 Å². The van der Waals surface area contributed by atoms with E-state index in [1.54, 1.807) is 28.9 Å². The summed E-state index contributed by atoms with van der Waals surface area (Å²) in [5.41, 5.74) is -0.820. The Morgan fingerprint density at radius 3 is 2.88 bits per heavy atom. The lowest BCUT2D eigenvalue weighted by Crippen LogP contribution is -2.36. The molecule has 0 saturated carbocycles. The van der Waals surface area contributed by atoms with Gasteiger partial charge in [0.05, 0.1) is 6.04 Å². The monoisotopic (exact) mass is 268 g/mol. The molecule has 0 amide bonds. The van der Waals surface area contributed by atoms with Gasteiger partial charge in [0.1, 0.15) is 10.6 Å². The van der Waals surface area contributed by atoms with Crippen molar-refractivity contribution in [2.45, 2.75) is 25.5 Å². The van der Waals surface area contributed by atoms with E-state index in [2.05, 4.69) is 17.2 Å². The molecule has 5 heteroatoms. The summed E-state index contributed by atoms with van der Waals surface area (Å²) < 4.78 is 0. The molecule has 3 nitrogen and oxygen atoms in total. The summed E-state index contributed by atoms with van der Waals surface area (Å²) in [6, 6.07) is 4.08. The fourth-order valence-corrected chi connectivity index (χ4v) is 3.02. The molecule has 0 aromatic carbocycles. The fraction of sp³-hybridized carbons (Fsp3) is 0.417. The Morgan fingerprint density at radius 1 is 1.47 bits per heavy atom. The molecule has 0 fully saturated rings. The van der Waals surface area contributed by atoms with E-state index in [0.29, 0.717) is 6.54 Å². The Hall–Kier alpha value is -0.750. The highest BCUT2D eigenvalue weighted by molar-refractivity contribution is 7.10. The van der Waals surface area contributed by atoms with Gasteiger partial charge in [0.2, 0.25) is 0 Å². The first-order valence-corrected chi connectivity index (χ1v) is 7.24. The first-order chi connectivity index (χ1) is 8.09. The molecule has 2 unspecified atom stereocenters. The summed E-state index contributed by atoms with van der Waals surface area (Å²) in [5.74, 6) is 0. The van der Waals surface area contributed by atoms with Crippen molar-refractivity contribution in [2.24, 2.45) is 0 Å². The highest BCUT2D eigenvalue weighted by Crippen LogP contribution is 2.25. The highest BCUT2D eigenvalue weighted by atomic mass is 32.1. The minimum absolute atomic E-state index is 0.168. The Balaban J connectivity index is 1.94. The van der Waals surface area contributed by atoms with Crippen LogP contribution in [0.25, 0.3) is 0 Å². The summed E-state index contributed by atoms with van der Waals surface area (Å²) in [4.78, 5) is 5.24. The fourth-order valence-electron chi connectivity index (χ4n) is 1.56. The predicted molar refractivity (Wildman–Crippen MR) is 72.4 cm³/mol. The Labute approximate surface area is 109 Å². The third-order valence-electron chi connectivity index (χ3n) is 2.63. The van der Waals surface area contributed by atoms with Gasteiger partial charge in [0, 0.05) is 23.0 Å². The molecule has 17 heavy (non-hydrogen) atoms. The van der Waals surface area contributed by atoms with Gasteiger partial charge in [0.15, 0.2) is 0 Å². The molecule has 2 rings (SSSR count). The van der Waals surface area contributed by atoms with Crippen LogP contribution >= 0.6 is 22.7 Å². The molecule has 0 radical (unpaired) electrons. The van der Waals surface area contributed by atoms with Gasteiger partial charge < -0.3 is 10.4 Å². The SMILES string of the molecule is CC(NCC(C)(O)c1cccs1)c1nccs1. The van der Waals surface area contributed by atoms with Crippen LogP contribution in [0.15, 0.2) is 29.1 Å². The maximum atomic E-state index is 10.4. The second-order valence-corrected chi connectivity index (χ2v) is 6.10. The number of thiophene rings is 1. The quantitative estimate of drug-likeness (QED) is 0.876. The van der Waals surface area contributed by atoms with Crippen LogP contribution in [0.5, 0.6) is 0 Å². The van der Waals surface area contributed by atoms with E-state index in [-0.39, 0.29) is 6.04 Å². The maximum absolute atomic E-state index is 10.4. The summed E-state index contributed by atoms with van der Waals surface area (Å²) in [6.45, 7) is 4.41. The standard InChI is InChI=1S/C12H16N2OS2/c1-9(11-13-5-7-17-11)14-8-12(2,15)10-4-3-6-16-10/h3-7,9,14-15H,8H2,1-2H3. The molecule has 2 N–H and O–H groups in total. The predicted octanol–water partition coefficient (Wildman–Crippen LogP) is 2.76. The van der Waals surface area contributed by atoms with Crippen molar-refractivity contribution in [3.63, 3.8) is 0 Å². The zero-order valence-electron chi connectivity index (χ0n) is 9.88. The highest BCUT2D eigenvalue weighted by Gasteiger charge is 2.24. The summed E-state index contributed by atoms with van der Waals surface area (Å²) >= 11 is 3.20. The molecule has 92 valence electrons. The lowest BCUT2D eigenvalue weighted by molar-refractivity contribution is 0.0581. The largest absolute Gasteiger partial charge is 0.383 e. The molecule has 2 atom stereocenters. The van der Waals surface area contributed by atoms with Gasteiger partial charge in [-0.1, -0.05) is 6.07 Å². The second-order valence-electron chi connectivity index (χ2n) is 4.22. The Morgan fingerprint density at radius 2 is 2.29 bits per heavy atom. The van der Waals surface area contributed by atoms with Crippen LogP contribution in [0.2, 0.25) is 0 Å². The van der Waals surface area contributed by atoms with Gasteiger partial charge in [0.25, 0.3) is 0 Å². The molecule has 0 aliphatic heterocycles. The van der Waals surface area contributed by atoms with Crippen LogP contribution < -0.4 is 5.32 Å². The maximum Gasteiger partial charge on any atom is 0.109 e. The average Bonchev–Trinajstić information content (AvgIpc) is 2.97. The third kappa shape index (κ3) is 3.13. The van der Waals surface area contributed by atoms with Crippen LogP contribution in [0.3, 0.4) is 0 Å². The molecular weight excluding hydrogens is 252 g/mol. The molecular formula is C12H16N2OS2. The molecule has 0 aliphatic rings. The topological polar surface area (TPSA) is 45.1 Å². The van der Waals surface area contributed by atoms with E-state index >= 15 is 0 Å². The van der Waals surface area contributed by atoms with Gasteiger partial charge in [-0.05, 0) is 25.3 Å². The number of thiazole rings is 1. The smallest absolute Gasteiger partial charge is 0.109 e. The normalized spacial score (nSPS) is 16.6. The van der Waals surface area contributed by atoms with Crippen molar-refractivity contribution >= 4 is 22.7 Å². The number of aromatic nitrogens is 1. The molecule has 0 aliphatic carbocycles. The number of hydrogen-bond acceptors (Lipinski definition) is 5. The van der Waals surface area contributed by atoms with E-state index in [1.165, 1.54) is 0 Å². The van der Waals surface area contributed by atoms with Crippen molar-refractivity contribution in [3.8, 4) is 0 Å². The van der Waals surface area contributed by atoms with Crippen molar-refractivity contribution in [1.29, 1.82) is 0 Å². The summed E-state index contributed by atoms with van der Waals surface area (Å²) in [5, 5.41) is 18.7. The van der Waals surface area contributed by atoms with Gasteiger partial charge in [-0.25, -0.2) is 4.98 Å². The molecule has 2 aromatic rings. The van der Waals surface area contributed by atoms with Crippen LogP contribution in [0.4, 0.5) is 0 Å². The molecule has 2 aromatic heterocycles. The summed E-state index contributed by atoms with van der Waals surface area (Å²) in [7, 11) is 0. The van der Waals surface area contributed by atoms with Crippen LogP contribution in [0.1, 0.15) is 29.8 Å². The third-order valence-corrected chi connectivity index (χ3v) is 4.71. The second kappa shape index (κ2) is 5.27. The molecule has 0 saturated heterocycles. The van der Waals surface area contributed by atoms with Crippen LogP contribution in [0, 0.1) is 0 Å². The molecule has 0 bridgehead atoms. The average molecular weight is 268 g/mol. The zero-order valence-corrected chi connectivity index (χ0v) is 11.5. The van der Waals surface area contributed by atoms with Crippen molar-refractivity contribution in [3.05, 3.63) is 39.0 Å². The Kier molecular flexibility index (Phi) is 3.93. The van der Waals surface area contributed by atoms with Gasteiger partial charge in [-0.3, -0.25) is 0 Å². The zero-order chi connectivity index (χ0) is 12.3. The van der Waals surface area contributed by atoms with E-state index in [4.69, 9.17) is 0 Å². The summed E-state index contributed by atoms with van der Waals surface area (Å²) in [6.07, 6.45) is 1.80. The minimum atomic E-state index is -0.820. The van der Waals surface area contributed by atoms with E-state index in [0.717, 1.165) is 9.88 Å². The van der Waals surface area contributed by atoms with Gasteiger partial charge in [-0.2, -0.15) is 0 Å². The number of hydrogen-bond donors (Lipinski definition) is 2. The first kappa shape index (κ1) is 12.7. The van der Waals surface area contributed by atoms with Crippen molar-refractivity contribution < 1.29 is 5.11 Å². The van der Waals surface area contributed by atoms with Crippen LogP contribution in [-0.2, 0) is 5.60 Å². The van der Waals surface area contributed by atoms with Gasteiger partial charge in [-0.15, -0.1) is 22.7 Å². The molecule has 0 spiro atoms. The lowest BCUT2D eigenvalue weighted by atomic mass is 10.0. The van der Waals surface area contributed by atoms with Gasteiger partial charge >= 0.3 is 0 Å². The number of rotatable bonds is 5. The van der Waals surface area contributed by atoms with Crippen molar-refractivity contribution in [1.82, 2.24) is 10.3 Å². The number of aliphatic hydroxyl groups is 1. The Bertz CT molecular complexity index is 437. The number of nitrogens with zero attached hydrogens (tertiary/aromatic N) is 1. The molecule has 2 heterocycles. The van der Waals surface area contributed by atoms with E-state index in [9.17, 15) is 5.11 Å². The van der Waals surface area contributed by atoms with Crippen LogP contribution in [-0.4, -0.2) is 16.6 Å².